The van der Waals surface area contributed by atoms with E-state index >= 15 is 0 Å². The first-order valence-corrected chi connectivity index (χ1v) is 6.87. The second kappa shape index (κ2) is 5.51. The first-order chi connectivity index (χ1) is 8.18. The van der Waals surface area contributed by atoms with Crippen molar-refractivity contribution in [2.75, 3.05) is 0 Å². The third kappa shape index (κ3) is 2.98. The van der Waals surface area contributed by atoms with Crippen molar-refractivity contribution in [3.8, 4) is 0 Å². The standard InChI is InChI=1S/C12H11BrN2OS/c1-8-4-2-3-5-9(8)6-17-12-10(13)11(16)14-7-15-12/h2-5,7H,6H2,1H3,(H,14,15,16). The summed E-state index contributed by atoms with van der Waals surface area (Å²) in [5.41, 5.74) is 2.36. The van der Waals surface area contributed by atoms with Crippen LogP contribution in [0.2, 0.25) is 0 Å². The molecule has 1 aromatic heterocycles. The van der Waals surface area contributed by atoms with E-state index in [0.29, 0.717) is 4.47 Å². The fourth-order valence-corrected chi connectivity index (χ4v) is 2.91. The Bertz CT molecular complexity index is 583. The Balaban J connectivity index is 2.16. The molecule has 0 atom stereocenters. The first kappa shape index (κ1) is 12.4. The van der Waals surface area contributed by atoms with E-state index in [1.54, 1.807) is 11.8 Å². The van der Waals surface area contributed by atoms with Gasteiger partial charge in [0.05, 0.1) is 6.33 Å². The van der Waals surface area contributed by atoms with Crippen LogP contribution in [0.15, 0.2) is 44.9 Å². The zero-order valence-corrected chi connectivity index (χ0v) is 11.6. The molecule has 17 heavy (non-hydrogen) atoms. The van der Waals surface area contributed by atoms with Gasteiger partial charge in [-0.15, -0.1) is 11.8 Å². The van der Waals surface area contributed by atoms with Crippen LogP contribution in [0.25, 0.3) is 0 Å². The quantitative estimate of drug-likeness (QED) is 0.700. The number of thioether (sulfide) groups is 1. The number of halogens is 1. The molecule has 0 saturated heterocycles. The molecule has 88 valence electrons. The summed E-state index contributed by atoms with van der Waals surface area (Å²) in [6.07, 6.45) is 1.42. The van der Waals surface area contributed by atoms with Gasteiger partial charge in [-0.1, -0.05) is 24.3 Å². The second-order valence-corrected chi connectivity index (χ2v) is 5.32. The minimum atomic E-state index is -0.146. The summed E-state index contributed by atoms with van der Waals surface area (Å²) in [5.74, 6) is 0.807. The lowest BCUT2D eigenvalue weighted by atomic mass is 10.1. The van der Waals surface area contributed by atoms with E-state index in [4.69, 9.17) is 0 Å². The highest BCUT2D eigenvalue weighted by Gasteiger charge is 2.06. The molecule has 0 fully saturated rings. The molecule has 2 rings (SSSR count). The highest BCUT2D eigenvalue weighted by atomic mass is 79.9. The minimum absolute atomic E-state index is 0.146. The van der Waals surface area contributed by atoms with Crippen molar-refractivity contribution in [2.24, 2.45) is 0 Å². The van der Waals surface area contributed by atoms with Gasteiger partial charge in [-0.2, -0.15) is 0 Å². The van der Waals surface area contributed by atoms with Gasteiger partial charge in [0.2, 0.25) is 0 Å². The highest BCUT2D eigenvalue weighted by molar-refractivity contribution is 9.10. The molecule has 0 aliphatic heterocycles. The number of hydrogen-bond donors (Lipinski definition) is 1. The summed E-state index contributed by atoms with van der Waals surface area (Å²) in [6.45, 7) is 2.08. The molecule has 1 heterocycles. The van der Waals surface area contributed by atoms with Crippen LogP contribution < -0.4 is 5.56 Å². The minimum Gasteiger partial charge on any atom is -0.312 e. The number of nitrogens with zero attached hydrogens (tertiary/aromatic N) is 1. The lowest BCUT2D eigenvalue weighted by molar-refractivity contribution is 0.989. The van der Waals surface area contributed by atoms with E-state index in [2.05, 4.69) is 45.0 Å². The average molecular weight is 311 g/mol. The van der Waals surface area contributed by atoms with E-state index in [9.17, 15) is 4.79 Å². The Hall–Kier alpha value is -1.07. The van der Waals surface area contributed by atoms with Crippen molar-refractivity contribution in [1.82, 2.24) is 9.97 Å². The normalized spacial score (nSPS) is 10.5. The Morgan fingerprint density at radius 3 is 2.94 bits per heavy atom. The first-order valence-electron chi connectivity index (χ1n) is 5.09. The van der Waals surface area contributed by atoms with E-state index < -0.39 is 0 Å². The molecule has 0 spiro atoms. The molecule has 1 N–H and O–H groups in total. The van der Waals surface area contributed by atoms with Crippen LogP contribution in [0, 0.1) is 6.92 Å². The summed E-state index contributed by atoms with van der Waals surface area (Å²) in [7, 11) is 0. The van der Waals surface area contributed by atoms with Crippen LogP contribution >= 0.6 is 27.7 Å². The monoisotopic (exact) mass is 310 g/mol. The predicted molar refractivity (Wildman–Crippen MR) is 73.3 cm³/mol. The van der Waals surface area contributed by atoms with Crippen molar-refractivity contribution in [3.05, 3.63) is 56.5 Å². The van der Waals surface area contributed by atoms with Gasteiger partial charge < -0.3 is 4.98 Å². The fraction of sp³-hybridized carbons (Fsp3) is 0.167. The van der Waals surface area contributed by atoms with E-state index in [1.165, 1.54) is 17.5 Å². The Kier molecular flexibility index (Phi) is 4.02. The molecule has 0 unspecified atom stereocenters. The number of aryl methyl sites for hydroxylation is 1. The number of nitrogens with one attached hydrogen (secondary N) is 1. The number of hydrogen-bond acceptors (Lipinski definition) is 3. The molecule has 1 aromatic carbocycles. The Morgan fingerprint density at radius 1 is 1.41 bits per heavy atom. The average Bonchev–Trinajstić information content (AvgIpc) is 2.33. The van der Waals surface area contributed by atoms with Crippen molar-refractivity contribution in [3.63, 3.8) is 0 Å². The zero-order chi connectivity index (χ0) is 12.3. The third-order valence-electron chi connectivity index (χ3n) is 2.39. The van der Waals surface area contributed by atoms with Crippen LogP contribution in [-0.2, 0) is 5.75 Å². The SMILES string of the molecule is Cc1ccccc1CSc1nc[nH]c(=O)c1Br. The predicted octanol–water partition coefficient (Wildman–Crippen LogP) is 3.13. The molecule has 0 aliphatic carbocycles. The van der Waals surface area contributed by atoms with E-state index in [-0.39, 0.29) is 5.56 Å². The Morgan fingerprint density at radius 2 is 2.18 bits per heavy atom. The number of aromatic nitrogens is 2. The summed E-state index contributed by atoms with van der Waals surface area (Å²) in [5, 5.41) is 0.719. The zero-order valence-electron chi connectivity index (χ0n) is 9.24. The van der Waals surface area contributed by atoms with Crippen molar-refractivity contribution >= 4 is 27.7 Å². The molecule has 0 aliphatic rings. The fourth-order valence-electron chi connectivity index (χ4n) is 1.39. The lowest BCUT2D eigenvalue weighted by Crippen LogP contribution is -2.07. The van der Waals surface area contributed by atoms with Crippen LogP contribution in [-0.4, -0.2) is 9.97 Å². The topological polar surface area (TPSA) is 45.8 Å². The number of rotatable bonds is 3. The molecular formula is C12H11BrN2OS. The van der Waals surface area contributed by atoms with Crippen LogP contribution in [0.5, 0.6) is 0 Å². The van der Waals surface area contributed by atoms with E-state index in [0.717, 1.165) is 10.8 Å². The summed E-state index contributed by atoms with van der Waals surface area (Å²) < 4.78 is 0.499. The maximum atomic E-state index is 11.4. The molecule has 0 amide bonds. The molecule has 5 heteroatoms. The maximum absolute atomic E-state index is 11.4. The van der Waals surface area contributed by atoms with E-state index in [1.807, 2.05) is 12.1 Å². The smallest absolute Gasteiger partial charge is 0.266 e. The second-order valence-electron chi connectivity index (χ2n) is 3.57. The summed E-state index contributed by atoms with van der Waals surface area (Å²) in [6, 6.07) is 8.20. The number of aromatic amines is 1. The van der Waals surface area contributed by atoms with Gasteiger partial charge in [-0.05, 0) is 34.0 Å². The van der Waals surface area contributed by atoms with Gasteiger partial charge in [0.15, 0.2) is 0 Å². The van der Waals surface area contributed by atoms with Gasteiger partial charge in [0.25, 0.3) is 5.56 Å². The largest absolute Gasteiger partial charge is 0.312 e. The van der Waals surface area contributed by atoms with Crippen molar-refractivity contribution in [1.29, 1.82) is 0 Å². The highest BCUT2D eigenvalue weighted by Crippen LogP contribution is 2.26. The van der Waals surface area contributed by atoms with Gasteiger partial charge in [-0.25, -0.2) is 4.98 Å². The van der Waals surface area contributed by atoms with Gasteiger partial charge in [0.1, 0.15) is 9.50 Å². The number of benzene rings is 1. The maximum Gasteiger partial charge on any atom is 0.266 e. The third-order valence-corrected chi connectivity index (χ3v) is 4.43. The molecular weight excluding hydrogens is 300 g/mol. The van der Waals surface area contributed by atoms with Gasteiger partial charge in [0, 0.05) is 5.75 Å². The lowest BCUT2D eigenvalue weighted by Gasteiger charge is -2.05. The molecule has 0 bridgehead atoms. The molecule has 2 aromatic rings. The number of H-pyrrole nitrogens is 1. The van der Waals surface area contributed by atoms with Gasteiger partial charge >= 0.3 is 0 Å². The Labute approximate surface area is 112 Å². The molecule has 0 radical (unpaired) electrons. The molecule has 0 saturated carbocycles. The summed E-state index contributed by atoms with van der Waals surface area (Å²) >= 11 is 4.80. The van der Waals surface area contributed by atoms with Crippen LogP contribution in [0.4, 0.5) is 0 Å². The molecule has 3 nitrogen and oxygen atoms in total. The van der Waals surface area contributed by atoms with Crippen molar-refractivity contribution in [2.45, 2.75) is 17.7 Å². The van der Waals surface area contributed by atoms with Crippen LogP contribution in [0.3, 0.4) is 0 Å². The van der Waals surface area contributed by atoms with Gasteiger partial charge in [-0.3, -0.25) is 4.79 Å². The summed E-state index contributed by atoms with van der Waals surface area (Å²) in [4.78, 5) is 18.0. The van der Waals surface area contributed by atoms with Crippen LogP contribution in [0.1, 0.15) is 11.1 Å². The van der Waals surface area contributed by atoms with Crippen molar-refractivity contribution < 1.29 is 0 Å².